The van der Waals surface area contributed by atoms with Gasteiger partial charge in [0.2, 0.25) is 0 Å². The number of methoxy groups -OCH3 is 1. The van der Waals surface area contributed by atoms with Crippen molar-refractivity contribution < 1.29 is 9.15 Å². The highest BCUT2D eigenvalue weighted by Gasteiger charge is 2.12. The van der Waals surface area contributed by atoms with Crippen LogP contribution in [-0.2, 0) is 0 Å². The first-order valence-electron chi connectivity index (χ1n) is 5.22. The summed E-state index contributed by atoms with van der Waals surface area (Å²) in [4.78, 5) is 11.2. The Morgan fingerprint density at radius 3 is 2.53 bits per heavy atom. The molecule has 0 unspecified atom stereocenters. The van der Waals surface area contributed by atoms with Crippen molar-refractivity contribution in [3.8, 4) is 5.75 Å². The van der Waals surface area contributed by atoms with Crippen molar-refractivity contribution in [3.05, 3.63) is 28.3 Å². The van der Waals surface area contributed by atoms with Gasteiger partial charge in [0.05, 0.1) is 13.2 Å². The molecule has 0 saturated carbocycles. The Kier molecular flexibility index (Phi) is 3.95. The Morgan fingerprint density at radius 1 is 1.33 bits per heavy atom. The van der Waals surface area contributed by atoms with E-state index in [1.807, 2.05) is 0 Å². The largest absolute Gasteiger partial charge is 0.496 e. The lowest BCUT2D eigenvalue weighted by Gasteiger charge is -2.13. The van der Waals surface area contributed by atoms with Gasteiger partial charge in [-0.2, -0.15) is 0 Å². The highest BCUT2D eigenvalue weighted by Crippen LogP contribution is 2.24. The number of hydrogen-bond acceptors (Lipinski definition) is 3. The third kappa shape index (κ3) is 3.42. The first-order valence-corrected chi connectivity index (χ1v) is 5.22. The summed E-state index contributed by atoms with van der Waals surface area (Å²) in [6.45, 7) is 6.35. The molecular formula is C12H18O3. The first kappa shape index (κ1) is 11.8. The monoisotopic (exact) mass is 210 g/mol. The highest BCUT2D eigenvalue weighted by molar-refractivity contribution is 5.22. The van der Waals surface area contributed by atoms with E-state index in [0.29, 0.717) is 17.4 Å². The Labute approximate surface area is 90.1 Å². The van der Waals surface area contributed by atoms with Gasteiger partial charge in [-0.1, -0.05) is 20.8 Å². The van der Waals surface area contributed by atoms with Crippen LogP contribution in [0.3, 0.4) is 0 Å². The van der Waals surface area contributed by atoms with E-state index < -0.39 is 0 Å². The van der Waals surface area contributed by atoms with E-state index in [-0.39, 0.29) is 11.5 Å². The van der Waals surface area contributed by atoms with E-state index in [2.05, 4.69) is 20.8 Å². The molecule has 1 rings (SSSR count). The summed E-state index contributed by atoms with van der Waals surface area (Å²) in [5.74, 6) is 2.09. The van der Waals surface area contributed by atoms with Crippen molar-refractivity contribution in [2.45, 2.75) is 33.1 Å². The fourth-order valence-corrected chi connectivity index (χ4v) is 1.66. The van der Waals surface area contributed by atoms with Crippen LogP contribution < -0.4 is 10.4 Å². The fraction of sp³-hybridized carbons (Fsp3) is 0.583. The molecule has 0 aromatic carbocycles. The third-order valence-electron chi connectivity index (χ3n) is 2.31. The minimum atomic E-state index is -0.347. The van der Waals surface area contributed by atoms with Gasteiger partial charge < -0.3 is 9.15 Å². The molecule has 1 aromatic heterocycles. The number of ether oxygens (including phenoxy) is 1. The highest BCUT2D eigenvalue weighted by atomic mass is 16.5. The molecule has 0 aliphatic rings. The maximum atomic E-state index is 11.2. The minimum Gasteiger partial charge on any atom is -0.496 e. The van der Waals surface area contributed by atoms with E-state index in [1.165, 1.54) is 6.07 Å². The van der Waals surface area contributed by atoms with Gasteiger partial charge in [-0.05, 0) is 12.3 Å². The normalized spacial score (nSPS) is 12.9. The zero-order chi connectivity index (χ0) is 11.4. The molecule has 0 saturated heterocycles. The van der Waals surface area contributed by atoms with Crippen LogP contribution >= 0.6 is 0 Å². The van der Waals surface area contributed by atoms with Gasteiger partial charge in [-0.3, -0.25) is 0 Å². The summed E-state index contributed by atoms with van der Waals surface area (Å²) < 4.78 is 10.2. The molecule has 3 nitrogen and oxygen atoms in total. The van der Waals surface area contributed by atoms with E-state index in [9.17, 15) is 4.79 Å². The third-order valence-corrected chi connectivity index (χ3v) is 2.31. The maximum absolute atomic E-state index is 11.2. The topological polar surface area (TPSA) is 39.4 Å². The average Bonchev–Trinajstić information content (AvgIpc) is 2.15. The smallest absolute Gasteiger partial charge is 0.339 e. The molecule has 0 aliphatic heterocycles. The predicted molar refractivity (Wildman–Crippen MR) is 59.4 cm³/mol. The van der Waals surface area contributed by atoms with Gasteiger partial charge in [0.15, 0.2) is 0 Å². The van der Waals surface area contributed by atoms with Crippen LogP contribution in [0.5, 0.6) is 5.75 Å². The summed E-state index contributed by atoms with van der Waals surface area (Å²) in [6.07, 6.45) is 0.996. The van der Waals surface area contributed by atoms with Crippen molar-refractivity contribution in [3.63, 3.8) is 0 Å². The van der Waals surface area contributed by atoms with Crippen LogP contribution in [0.1, 0.15) is 38.9 Å². The number of rotatable bonds is 4. The summed E-state index contributed by atoms with van der Waals surface area (Å²) >= 11 is 0. The zero-order valence-corrected chi connectivity index (χ0v) is 9.74. The quantitative estimate of drug-likeness (QED) is 0.767. The van der Waals surface area contributed by atoms with E-state index >= 15 is 0 Å². The molecule has 0 aliphatic carbocycles. The van der Waals surface area contributed by atoms with Gasteiger partial charge in [0, 0.05) is 12.0 Å². The lowest BCUT2D eigenvalue weighted by molar-refractivity contribution is 0.370. The van der Waals surface area contributed by atoms with Crippen LogP contribution in [0.2, 0.25) is 0 Å². The van der Waals surface area contributed by atoms with Crippen molar-refractivity contribution in [1.82, 2.24) is 0 Å². The second kappa shape index (κ2) is 5.01. The van der Waals surface area contributed by atoms with E-state index in [1.54, 1.807) is 13.2 Å². The molecule has 15 heavy (non-hydrogen) atoms. The molecule has 0 fully saturated rings. The molecule has 0 amide bonds. The Bertz CT molecular complexity index is 365. The average molecular weight is 210 g/mol. The molecule has 0 bridgehead atoms. The van der Waals surface area contributed by atoms with E-state index in [0.717, 1.165) is 6.42 Å². The van der Waals surface area contributed by atoms with Crippen LogP contribution in [0.15, 0.2) is 21.3 Å². The van der Waals surface area contributed by atoms with Gasteiger partial charge in [0.1, 0.15) is 11.5 Å². The summed E-state index contributed by atoms with van der Waals surface area (Å²) in [5, 5.41) is 0. The molecule has 1 aromatic rings. The first-order chi connectivity index (χ1) is 7.02. The maximum Gasteiger partial charge on any atom is 0.339 e. The van der Waals surface area contributed by atoms with Gasteiger partial charge in [-0.25, -0.2) is 4.79 Å². The van der Waals surface area contributed by atoms with Crippen LogP contribution in [-0.4, -0.2) is 7.11 Å². The van der Waals surface area contributed by atoms with Gasteiger partial charge in [-0.15, -0.1) is 0 Å². The molecule has 1 atom stereocenters. The second-order valence-electron chi connectivity index (χ2n) is 4.25. The number of hydrogen-bond donors (Lipinski definition) is 0. The van der Waals surface area contributed by atoms with Gasteiger partial charge in [0.25, 0.3) is 0 Å². The Balaban J connectivity index is 2.93. The SMILES string of the molecule is COc1cc([C@H](C)CC(C)C)oc(=O)c1. The van der Waals surface area contributed by atoms with Crippen molar-refractivity contribution >= 4 is 0 Å². The lowest BCUT2D eigenvalue weighted by atomic mass is 9.96. The van der Waals surface area contributed by atoms with Crippen molar-refractivity contribution in [2.24, 2.45) is 5.92 Å². The fourth-order valence-electron chi connectivity index (χ4n) is 1.66. The van der Waals surface area contributed by atoms with Crippen molar-refractivity contribution in [1.29, 1.82) is 0 Å². The Hall–Kier alpha value is -1.25. The summed E-state index contributed by atoms with van der Waals surface area (Å²) in [6, 6.07) is 3.14. The summed E-state index contributed by atoms with van der Waals surface area (Å²) in [7, 11) is 1.55. The zero-order valence-electron chi connectivity index (χ0n) is 9.74. The lowest BCUT2D eigenvalue weighted by Crippen LogP contribution is -2.05. The second-order valence-corrected chi connectivity index (χ2v) is 4.25. The summed E-state index contributed by atoms with van der Waals surface area (Å²) in [5.41, 5.74) is -0.347. The molecule has 1 heterocycles. The minimum absolute atomic E-state index is 0.243. The molecule has 84 valence electrons. The Morgan fingerprint density at radius 2 is 2.00 bits per heavy atom. The van der Waals surface area contributed by atoms with E-state index in [4.69, 9.17) is 9.15 Å². The molecular weight excluding hydrogens is 192 g/mol. The molecule has 0 spiro atoms. The van der Waals surface area contributed by atoms with Crippen LogP contribution in [0, 0.1) is 5.92 Å². The molecule has 0 N–H and O–H groups in total. The van der Waals surface area contributed by atoms with Crippen LogP contribution in [0.4, 0.5) is 0 Å². The van der Waals surface area contributed by atoms with Crippen molar-refractivity contribution in [2.75, 3.05) is 7.11 Å². The predicted octanol–water partition coefficient (Wildman–Crippen LogP) is 2.80. The molecule has 0 radical (unpaired) electrons. The van der Waals surface area contributed by atoms with Crippen LogP contribution in [0.25, 0.3) is 0 Å². The molecule has 3 heteroatoms. The standard InChI is InChI=1S/C12H18O3/c1-8(2)5-9(3)11-6-10(14-4)7-12(13)15-11/h6-9H,5H2,1-4H3/t9-/m1/s1. The van der Waals surface area contributed by atoms with Gasteiger partial charge >= 0.3 is 5.63 Å².